The van der Waals surface area contributed by atoms with Gasteiger partial charge in [0, 0.05) is 11.8 Å². The van der Waals surface area contributed by atoms with Crippen LogP contribution in [0.25, 0.3) is 10.9 Å². The van der Waals surface area contributed by atoms with Gasteiger partial charge >= 0.3 is 0 Å². The number of fused-ring (bicyclic) bond motifs is 1. The van der Waals surface area contributed by atoms with Crippen molar-refractivity contribution >= 4 is 40.2 Å². The van der Waals surface area contributed by atoms with Crippen molar-refractivity contribution in [3.8, 4) is 0 Å². The second-order valence-corrected chi connectivity index (χ2v) is 7.97. The molecule has 0 spiro atoms. The Bertz CT molecular complexity index is 1030. The van der Waals surface area contributed by atoms with E-state index in [0.717, 1.165) is 29.3 Å². The predicted molar refractivity (Wildman–Crippen MR) is 128 cm³/mol. The molecule has 0 unspecified atom stereocenters. The first-order chi connectivity index (χ1) is 15.0. The maximum atomic E-state index is 13.5. The third kappa shape index (κ3) is 5.91. The quantitative estimate of drug-likeness (QED) is 0.335. The van der Waals surface area contributed by atoms with Crippen LogP contribution in [0.4, 0.5) is 5.69 Å². The molecule has 0 radical (unpaired) electrons. The monoisotopic (exact) mass is 436 g/mol. The van der Waals surface area contributed by atoms with Gasteiger partial charge in [0.05, 0.1) is 23.4 Å². The molecule has 3 rings (SSSR count). The van der Waals surface area contributed by atoms with Crippen LogP contribution in [0.3, 0.4) is 0 Å². The average molecular weight is 437 g/mol. The Morgan fingerprint density at radius 3 is 2.45 bits per heavy atom. The number of hydrogen-bond donors (Lipinski definition) is 3. The lowest BCUT2D eigenvalue weighted by atomic mass is 10.0. The zero-order chi connectivity index (χ0) is 22.2. The molecular formula is C24H28N4O2S. The van der Waals surface area contributed by atoms with Crippen LogP contribution in [-0.2, 0) is 16.0 Å². The summed E-state index contributed by atoms with van der Waals surface area (Å²) in [4.78, 5) is 32.0. The molecule has 31 heavy (non-hydrogen) atoms. The highest BCUT2D eigenvalue weighted by molar-refractivity contribution is 7.96. The van der Waals surface area contributed by atoms with Crippen molar-refractivity contribution in [2.24, 2.45) is 11.5 Å². The van der Waals surface area contributed by atoms with Gasteiger partial charge in [-0.15, -0.1) is 12.6 Å². The minimum absolute atomic E-state index is 0.322. The number of rotatable bonds is 10. The molecule has 4 N–H and O–H groups in total. The number of carbonyl (C=O) groups excluding carboxylic acids is 2. The van der Waals surface area contributed by atoms with Crippen LogP contribution >= 0.6 is 12.6 Å². The summed E-state index contributed by atoms with van der Waals surface area (Å²) >= 11 is 4.12. The Labute approximate surface area is 188 Å². The number of carbonyl (C=O) groups is 2. The van der Waals surface area contributed by atoms with Crippen LogP contribution in [0.1, 0.15) is 24.8 Å². The Morgan fingerprint density at radius 1 is 1.03 bits per heavy atom. The van der Waals surface area contributed by atoms with E-state index in [2.05, 4.69) is 17.6 Å². The number of unbranched alkanes of at least 4 members (excludes halogenated alkanes) is 1. The molecule has 0 saturated carbocycles. The van der Waals surface area contributed by atoms with Crippen LogP contribution in [0.5, 0.6) is 0 Å². The first kappa shape index (κ1) is 22.9. The summed E-state index contributed by atoms with van der Waals surface area (Å²) in [6.07, 6.45) is 3.97. The number of thiol groups is 1. The van der Waals surface area contributed by atoms with Gasteiger partial charge in [0.15, 0.2) is 0 Å². The van der Waals surface area contributed by atoms with Crippen LogP contribution < -0.4 is 16.4 Å². The molecule has 6 nitrogen and oxygen atoms in total. The highest BCUT2D eigenvalue weighted by atomic mass is 32.1. The van der Waals surface area contributed by atoms with Crippen molar-refractivity contribution in [2.75, 3.05) is 11.4 Å². The predicted octanol–water partition coefficient (Wildman–Crippen LogP) is 3.09. The van der Waals surface area contributed by atoms with E-state index in [1.807, 2.05) is 60.7 Å². The number of nitrogens with zero attached hydrogens (tertiary/aromatic N) is 2. The van der Waals surface area contributed by atoms with Gasteiger partial charge in [0.1, 0.15) is 6.04 Å². The molecule has 162 valence electrons. The van der Waals surface area contributed by atoms with Crippen LogP contribution in [0.15, 0.2) is 66.9 Å². The standard InChI is InChI=1S/C24H28N4O2S/c25-13-7-6-11-20(26)23(29)28(19-15-18-10-4-5-12-21(18)27-16-19)22(24(30)31)14-17-8-2-1-3-9-17/h1-5,8-10,12,15-16,20,22H,6-7,11,13-14,25-26H2,(H,30,31)/t20-,22-/m1/s1. The van der Waals surface area contributed by atoms with Gasteiger partial charge in [-0.25, -0.2) is 0 Å². The minimum Gasteiger partial charge on any atom is -0.330 e. The number of nitrogens with two attached hydrogens (primary N) is 2. The van der Waals surface area contributed by atoms with E-state index >= 15 is 0 Å². The van der Waals surface area contributed by atoms with Gasteiger partial charge in [-0.2, -0.15) is 0 Å². The van der Waals surface area contributed by atoms with Crippen molar-refractivity contribution < 1.29 is 9.59 Å². The van der Waals surface area contributed by atoms with E-state index in [-0.39, 0.29) is 5.91 Å². The maximum Gasteiger partial charge on any atom is 0.244 e. The van der Waals surface area contributed by atoms with Gasteiger partial charge in [0.25, 0.3) is 0 Å². The van der Waals surface area contributed by atoms with Crippen molar-refractivity contribution in [2.45, 2.75) is 37.8 Å². The summed E-state index contributed by atoms with van der Waals surface area (Å²) in [5.41, 5.74) is 14.1. The number of aromatic nitrogens is 1. The first-order valence-corrected chi connectivity index (χ1v) is 10.9. The number of para-hydroxylation sites is 1. The van der Waals surface area contributed by atoms with Gasteiger partial charge < -0.3 is 11.5 Å². The molecule has 1 amide bonds. The molecule has 0 aliphatic rings. The highest BCUT2D eigenvalue weighted by Gasteiger charge is 2.33. The van der Waals surface area contributed by atoms with Gasteiger partial charge in [-0.1, -0.05) is 55.0 Å². The summed E-state index contributed by atoms with van der Waals surface area (Å²) < 4.78 is 0. The van der Waals surface area contributed by atoms with E-state index in [9.17, 15) is 9.59 Å². The molecule has 0 bridgehead atoms. The van der Waals surface area contributed by atoms with Crippen molar-refractivity contribution in [3.05, 3.63) is 72.4 Å². The van der Waals surface area contributed by atoms with Crippen molar-refractivity contribution in [3.63, 3.8) is 0 Å². The Hall–Kier alpha value is -2.74. The molecule has 0 saturated heterocycles. The zero-order valence-corrected chi connectivity index (χ0v) is 18.2. The van der Waals surface area contributed by atoms with E-state index < -0.39 is 17.2 Å². The molecule has 3 aromatic rings. The summed E-state index contributed by atoms with van der Waals surface area (Å²) in [7, 11) is 0. The van der Waals surface area contributed by atoms with Gasteiger partial charge in [0.2, 0.25) is 11.0 Å². The van der Waals surface area contributed by atoms with Crippen LogP contribution in [-0.4, -0.2) is 34.6 Å². The molecule has 1 aromatic heterocycles. The smallest absolute Gasteiger partial charge is 0.244 e. The SMILES string of the molecule is NCCCC[C@@H](N)C(=O)N(c1cnc2ccccc2c1)[C@H](Cc1ccccc1)C(=O)S. The van der Waals surface area contributed by atoms with Crippen molar-refractivity contribution in [1.82, 2.24) is 4.98 Å². The summed E-state index contributed by atoms with van der Waals surface area (Å²) in [5, 5.41) is 0.471. The second kappa shape index (κ2) is 11.0. The minimum atomic E-state index is -0.804. The number of amides is 1. The van der Waals surface area contributed by atoms with Gasteiger partial charge in [-0.3, -0.25) is 19.5 Å². The Balaban J connectivity index is 2.00. The molecule has 7 heteroatoms. The summed E-state index contributed by atoms with van der Waals surface area (Å²) in [6.45, 7) is 0.547. The normalized spacial score (nSPS) is 13.0. The largest absolute Gasteiger partial charge is 0.330 e. The third-order valence-corrected chi connectivity index (χ3v) is 5.54. The zero-order valence-electron chi connectivity index (χ0n) is 17.4. The fraction of sp³-hybridized carbons (Fsp3) is 0.292. The first-order valence-electron chi connectivity index (χ1n) is 10.4. The number of benzene rings is 2. The summed E-state index contributed by atoms with van der Waals surface area (Å²) in [6, 6.07) is 17.5. The molecule has 0 fully saturated rings. The number of anilines is 1. The van der Waals surface area contributed by atoms with Gasteiger partial charge in [-0.05, 0) is 37.1 Å². The molecule has 2 atom stereocenters. The highest BCUT2D eigenvalue weighted by Crippen LogP contribution is 2.25. The van der Waals surface area contributed by atoms with Crippen LogP contribution in [0.2, 0.25) is 0 Å². The lowest BCUT2D eigenvalue weighted by molar-refractivity contribution is -0.122. The average Bonchev–Trinajstić information content (AvgIpc) is 2.79. The number of hydrogen-bond acceptors (Lipinski definition) is 5. The lowest BCUT2D eigenvalue weighted by Gasteiger charge is -2.32. The molecule has 0 aliphatic heterocycles. The topological polar surface area (TPSA) is 102 Å². The fourth-order valence-corrected chi connectivity index (χ4v) is 3.80. The van der Waals surface area contributed by atoms with Crippen molar-refractivity contribution in [1.29, 1.82) is 0 Å². The molecule has 2 aromatic carbocycles. The Morgan fingerprint density at radius 2 is 1.74 bits per heavy atom. The fourth-order valence-electron chi connectivity index (χ4n) is 3.59. The number of pyridine rings is 1. The lowest BCUT2D eigenvalue weighted by Crippen LogP contribution is -2.52. The Kier molecular flexibility index (Phi) is 8.17. The molecular weight excluding hydrogens is 408 g/mol. The third-order valence-electron chi connectivity index (χ3n) is 5.25. The van der Waals surface area contributed by atoms with E-state index in [1.165, 1.54) is 4.90 Å². The summed E-state index contributed by atoms with van der Waals surface area (Å²) in [5.74, 6) is -0.322. The molecule has 1 heterocycles. The second-order valence-electron chi connectivity index (χ2n) is 7.53. The van der Waals surface area contributed by atoms with Crippen LogP contribution in [0, 0.1) is 0 Å². The molecule has 0 aliphatic carbocycles. The van der Waals surface area contributed by atoms with E-state index in [4.69, 9.17) is 11.5 Å². The maximum absolute atomic E-state index is 13.5. The van der Waals surface area contributed by atoms with E-state index in [1.54, 1.807) is 6.20 Å². The van der Waals surface area contributed by atoms with E-state index in [0.29, 0.717) is 25.1 Å².